The Morgan fingerprint density at radius 2 is 2.19 bits per heavy atom. The van der Waals surface area contributed by atoms with Gasteiger partial charge in [0.05, 0.1) is 12.8 Å². The van der Waals surface area contributed by atoms with Crippen molar-refractivity contribution in [2.75, 3.05) is 32.5 Å². The maximum Gasteiger partial charge on any atom is 0.202 e. The smallest absolute Gasteiger partial charge is 0.202 e. The fraction of sp³-hybridized carbons (Fsp3) is 0.500. The van der Waals surface area contributed by atoms with Gasteiger partial charge in [0, 0.05) is 31.3 Å². The van der Waals surface area contributed by atoms with Crippen molar-refractivity contribution >= 4 is 24.2 Å². The predicted octanol–water partition coefficient (Wildman–Crippen LogP) is 3.96. The van der Waals surface area contributed by atoms with Gasteiger partial charge in [0.2, 0.25) is 5.82 Å². The Balaban J connectivity index is 0.00000231. The third-order valence-corrected chi connectivity index (χ3v) is 7.60. The normalized spacial score (nSPS) is 22.2. The van der Waals surface area contributed by atoms with Gasteiger partial charge in [-0.1, -0.05) is 23.9 Å². The summed E-state index contributed by atoms with van der Waals surface area (Å²) in [5.74, 6) is 4.20. The second-order valence-electron chi connectivity index (χ2n) is 8.36. The van der Waals surface area contributed by atoms with Gasteiger partial charge in [-0.25, -0.2) is 4.98 Å². The summed E-state index contributed by atoms with van der Waals surface area (Å²) in [6.07, 6.45) is 3.90. The number of piperidine rings is 1. The molecule has 2 unspecified atom stereocenters. The van der Waals surface area contributed by atoms with E-state index < -0.39 is 0 Å². The molecule has 2 aliphatic rings. The Morgan fingerprint density at radius 1 is 1.32 bits per heavy atom. The van der Waals surface area contributed by atoms with Gasteiger partial charge in [-0.3, -0.25) is 0 Å². The number of aryl methyl sites for hydroxylation is 1. The second-order valence-corrected chi connectivity index (χ2v) is 9.42. The van der Waals surface area contributed by atoms with E-state index >= 15 is 0 Å². The van der Waals surface area contributed by atoms with E-state index in [1.54, 1.807) is 18.9 Å². The summed E-state index contributed by atoms with van der Waals surface area (Å²) in [4.78, 5) is 6.76. The summed E-state index contributed by atoms with van der Waals surface area (Å²) >= 11 is 1.75. The van der Waals surface area contributed by atoms with Crippen LogP contribution < -0.4 is 4.74 Å². The Morgan fingerprint density at radius 3 is 2.97 bits per heavy atom. The highest BCUT2D eigenvalue weighted by Crippen LogP contribution is 2.59. The summed E-state index contributed by atoms with van der Waals surface area (Å²) in [7, 11) is 3.72. The highest BCUT2D eigenvalue weighted by Gasteiger charge is 2.60. The van der Waals surface area contributed by atoms with Crippen LogP contribution in [0, 0.1) is 12.8 Å². The van der Waals surface area contributed by atoms with E-state index in [1.807, 2.05) is 24.6 Å². The lowest BCUT2D eigenvalue weighted by Gasteiger charge is -2.21. The van der Waals surface area contributed by atoms with Crippen molar-refractivity contribution in [1.82, 2.24) is 24.6 Å². The summed E-state index contributed by atoms with van der Waals surface area (Å²) in [5.41, 5.74) is 2.63. The van der Waals surface area contributed by atoms with Crippen molar-refractivity contribution in [3.63, 3.8) is 0 Å². The summed E-state index contributed by atoms with van der Waals surface area (Å²) < 4.78 is 12.9. The van der Waals surface area contributed by atoms with Crippen LogP contribution in [0.4, 0.5) is 0 Å². The SMILES string of the molecule is COc1cccc(C23CC2CN(CCCSc2nnc(-c4ocnc4C)n2C)C3)c1.Cl. The molecule has 0 amide bonds. The molecule has 1 saturated heterocycles. The molecule has 0 radical (unpaired) electrons. The van der Waals surface area contributed by atoms with Crippen LogP contribution in [0.15, 0.2) is 40.2 Å². The lowest BCUT2D eigenvalue weighted by Crippen LogP contribution is -2.27. The Bertz CT molecular complexity index is 1050. The zero-order chi connectivity index (χ0) is 20.7. The van der Waals surface area contributed by atoms with Crippen LogP contribution in [0.3, 0.4) is 0 Å². The third kappa shape index (κ3) is 4.08. The number of fused-ring (bicyclic) bond motifs is 1. The van der Waals surface area contributed by atoms with Crippen molar-refractivity contribution in [1.29, 1.82) is 0 Å². The Kier molecular flexibility index (Phi) is 6.32. The molecule has 5 rings (SSSR count). The molecule has 0 N–H and O–H groups in total. The van der Waals surface area contributed by atoms with E-state index in [9.17, 15) is 0 Å². The first kappa shape index (κ1) is 22.2. The number of hydrogen-bond donors (Lipinski definition) is 0. The van der Waals surface area contributed by atoms with Crippen LogP contribution in [0.5, 0.6) is 5.75 Å². The number of hydrogen-bond acceptors (Lipinski definition) is 7. The van der Waals surface area contributed by atoms with Crippen LogP contribution in [-0.2, 0) is 12.5 Å². The second kappa shape index (κ2) is 8.84. The molecule has 1 aromatic carbocycles. The summed E-state index contributed by atoms with van der Waals surface area (Å²) in [6, 6.07) is 8.64. The van der Waals surface area contributed by atoms with Gasteiger partial charge in [-0.2, -0.15) is 0 Å². The van der Waals surface area contributed by atoms with Gasteiger partial charge in [-0.15, -0.1) is 22.6 Å². The number of oxazole rings is 1. The van der Waals surface area contributed by atoms with E-state index in [4.69, 9.17) is 9.15 Å². The summed E-state index contributed by atoms with van der Waals surface area (Å²) in [5, 5.41) is 9.53. The highest BCUT2D eigenvalue weighted by atomic mass is 35.5. The third-order valence-electron chi connectivity index (χ3n) is 6.49. The molecule has 1 aliphatic carbocycles. The van der Waals surface area contributed by atoms with Crippen LogP contribution in [0.1, 0.15) is 24.1 Å². The van der Waals surface area contributed by atoms with E-state index in [-0.39, 0.29) is 12.4 Å². The molecule has 0 spiro atoms. The minimum Gasteiger partial charge on any atom is -0.497 e. The standard InChI is InChI=1S/C22H27N5O2S.ClH/c1-15-19(29-14-23-15)20-24-25-21(26(20)2)30-9-5-8-27-12-17-11-22(17,13-27)16-6-4-7-18(10-16)28-3;/h4,6-7,10,14,17H,5,8-9,11-13H2,1-3H3;1H. The number of halogens is 1. The zero-order valence-corrected chi connectivity index (χ0v) is 19.7. The van der Waals surface area contributed by atoms with E-state index in [2.05, 4.69) is 38.3 Å². The van der Waals surface area contributed by atoms with Crippen LogP contribution in [0.2, 0.25) is 0 Å². The largest absolute Gasteiger partial charge is 0.497 e. The van der Waals surface area contributed by atoms with E-state index in [0.29, 0.717) is 11.2 Å². The molecule has 1 saturated carbocycles. The molecule has 9 heteroatoms. The first-order valence-corrected chi connectivity index (χ1v) is 11.4. The molecule has 0 bridgehead atoms. The number of rotatable bonds is 8. The number of likely N-dealkylation sites (tertiary alicyclic amines) is 1. The molecule has 3 aromatic rings. The van der Waals surface area contributed by atoms with Crippen molar-refractivity contribution in [3.8, 4) is 17.3 Å². The van der Waals surface area contributed by atoms with E-state index in [1.165, 1.54) is 24.9 Å². The minimum atomic E-state index is 0. The number of thioether (sulfide) groups is 1. The van der Waals surface area contributed by atoms with Crippen molar-refractivity contribution in [2.24, 2.45) is 13.0 Å². The number of nitrogens with zero attached hydrogens (tertiary/aromatic N) is 5. The quantitative estimate of drug-likeness (QED) is 0.371. The van der Waals surface area contributed by atoms with Crippen molar-refractivity contribution in [2.45, 2.75) is 30.3 Å². The molecule has 2 fully saturated rings. The van der Waals surface area contributed by atoms with Crippen molar-refractivity contribution in [3.05, 3.63) is 41.9 Å². The lowest BCUT2D eigenvalue weighted by atomic mass is 9.95. The number of ether oxygens (including phenoxy) is 1. The molecular formula is C22H28ClN5O2S. The lowest BCUT2D eigenvalue weighted by molar-refractivity contribution is 0.299. The molecular weight excluding hydrogens is 434 g/mol. The number of aromatic nitrogens is 4. The maximum absolute atomic E-state index is 5.45. The number of methoxy groups -OCH3 is 1. The summed E-state index contributed by atoms with van der Waals surface area (Å²) in [6.45, 7) is 5.41. The number of benzene rings is 1. The maximum atomic E-state index is 5.45. The van der Waals surface area contributed by atoms with Gasteiger partial charge >= 0.3 is 0 Å². The van der Waals surface area contributed by atoms with Crippen LogP contribution in [0.25, 0.3) is 11.6 Å². The van der Waals surface area contributed by atoms with Gasteiger partial charge in [-0.05, 0) is 49.9 Å². The fourth-order valence-corrected chi connectivity index (χ4v) is 5.58. The first-order chi connectivity index (χ1) is 14.6. The van der Waals surface area contributed by atoms with Gasteiger partial charge < -0.3 is 18.6 Å². The fourth-order valence-electron chi connectivity index (χ4n) is 4.74. The molecule has 1 aliphatic heterocycles. The predicted molar refractivity (Wildman–Crippen MR) is 123 cm³/mol. The van der Waals surface area contributed by atoms with Gasteiger partial charge in [0.1, 0.15) is 5.75 Å². The molecule has 166 valence electrons. The average Bonchev–Trinajstić information content (AvgIpc) is 3.05. The van der Waals surface area contributed by atoms with Crippen molar-refractivity contribution < 1.29 is 9.15 Å². The molecule has 2 aromatic heterocycles. The average molecular weight is 462 g/mol. The first-order valence-electron chi connectivity index (χ1n) is 10.4. The molecule has 31 heavy (non-hydrogen) atoms. The van der Waals surface area contributed by atoms with Gasteiger partial charge in [0.15, 0.2) is 17.3 Å². The molecule has 7 nitrogen and oxygen atoms in total. The molecule has 3 heterocycles. The van der Waals surface area contributed by atoms with Gasteiger partial charge in [0.25, 0.3) is 0 Å². The van der Waals surface area contributed by atoms with E-state index in [0.717, 1.165) is 53.6 Å². The molecule has 2 atom stereocenters. The topological polar surface area (TPSA) is 69.2 Å². The Hall–Kier alpha value is -2.03. The van der Waals surface area contributed by atoms with Crippen LogP contribution >= 0.6 is 24.2 Å². The zero-order valence-electron chi connectivity index (χ0n) is 18.1. The minimum absolute atomic E-state index is 0. The highest BCUT2D eigenvalue weighted by molar-refractivity contribution is 7.99. The Labute approximate surface area is 193 Å². The van der Waals surface area contributed by atoms with Crippen LogP contribution in [-0.4, -0.2) is 57.1 Å². The monoisotopic (exact) mass is 461 g/mol.